The number of halogens is 2. The number of amides is 2. The van der Waals surface area contributed by atoms with Gasteiger partial charge in [-0.1, -0.05) is 34.5 Å². The second-order valence-corrected chi connectivity index (χ2v) is 7.24. The predicted octanol–water partition coefficient (Wildman–Crippen LogP) is 4.45. The number of carbonyl (C=O) groups is 3. The lowest BCUT2D eigenvalue weighted by Gasteiger charge is -2.15. The Morgan fingerprint density at radius 3 is 2.32 bits per heavy atom. The Labute approximate surface area is 175 Å². The van der Waals surface area contributed by atoms with Gasteiger partial charge in [-0.3, -0.25) is 9.59 Å². The number of hydrogen-bond donors (Lipinski definition) is 1. The molecular weight excluding hydrogens is 448 g/mol. The van der Waals surface area contributed by atoms with Gasteiger partial charge in [-0.25, -0.2) is 9.69 Å². The molecule has 3 rings (SSSR count). The number of imide groups is 1. The van der Waals surface area contributed by atoms with Gasteiger partial charge in [0.15, 0.2) is 0 Å². The van der Waals surface area contributed by atoms with Crippen LogP contribution >= 0.6 is 27.5 Å². The van der Waals surface area contributed by atoms with Crippen molar-refractivity contribution in [1.29, 1.82) is 0 Å². The first-order valence-electron chi connectivity index (χ1n) is 8.50. The van der Waals surface area contributed by atoms with Crippen LogP contribution in [0.4, 0.5) is 11.4 Å². The normalized spacial score (nSPS) is 13.9. The van der Waals surface area contributed by atoms with Crippen molar-refractivity contribution in [2.24, 2.45) is 0 Å². The fraction of sp³-hybridized carbons (Fsp3) is 0.150. The largest absolute Gasteiger partial charge is 0.462 e. The molecule has 8 heteroatoms. The lowest BCUT2D eigenvalue weighted by Crippen LogP contribution is -2.32. The number of carbonyl (C=O) groups excluding carboxylic acids is 3. The van der Waals surface area contributed by atoms with E-state index in [0.717, 1.165) is 15.8 Å². The van der Waals surface area contributed by atoms with E-state index in [2.05, 4.69) is 21.2 Å². The summed E-state index contributed by atoms with van der Waals surface area (Å²) in [6, 6.07) is 13.1. The lowest BCUT2D eigenvalue weighted by molar-refractivity contribution is -0.120. The molecule has 0 bridgehead atoms. The van der Waals surface area contributed by atoms with Crippen LogP contribution in [0, 0.1) is 0 Å². The molecule has 2 aromatic rings. The standard InChI is InChI=1S/C20H16BrClN2O4/c1-2-11-28-20(27)12-3-7-14(8-4-12)23-17-16(22)18(25)24(19(17)26)15-9-5-13(21)6-10-15/h3-10,23H,2,11H2,1H3. The summed E-state index contributed by atoms with van der Waals surface area (Å²) in [5.74, 6) is -1.57. The molecule has 0 aliphatic carbocycles. The molecule has 0 aromatic heterocycles. The molecule has 6 nitrogen and oxygen atoms in total. The first-order valence-corrected chi connectivity index (χ1v) is 9.67. The zero-order valence-corrected chi connectivity index (χ0v) is 17.2. The average Bonchev–Trinajstić information content (AvgIpc) is 2.91. The summed E-state index contributed by atoms with van der Waals surface area (Å²) < 4.78 is 5.90. The molecule has 144 valence electrons. The number of hydrogen-bond acceptors (Lipinski definition) is 5. The second kappa shape index (κ2) is 8.58. The lowest BCUT2D eigenvalue weighted by atomic mass is 10.2. The minimum Gasteiger partial charge on any atom is -0.462 e. The minimum absolute atomic E-state index is 0.0177. The molecule has 0 saturated carbocycles. The second-order valence-electron chi connectivity index (χ2n) is 5.95. The maximum absolute atomic E-state index is 12.7. The van der Waals surface area contributed by atoms with E-state index in [-0.39, 0.29) is 10.7 Å². The minimum atomic E-state index is -0.601. The molecule has 2 aromatic carbocycles. The molecule has 2 amide bonds. The number of rotatable bonds is 6. The van der Waals surface area contributed by atoms with Gasteiger partial charge in [0.2, 0.25) is 0 Å². The molecule has 0 fully saturated rings. The van der Waals surface area contributed by atoms with Gasteiger partial charge in [0.1, 0.15) is 10.7 Å². The van der Waals surface area contributed by atoms with Crippen molar-refractivity contribution in [3.63, 3.8) is 0 Å². The zero-order chi connectivity index (χ0) is 20.3. The van der Waals surface area contributed by atoms with Gasteiger partial charge in [-0.15, -0.1) is 0 Å². The SMILES string of the molecule is CCCOC(=O)c1ccc(NC2=C(Cl)C(=O)N(c3ccc(Br)cc3)C2=O)cc1. The topological polar surface area (TPSA) is 75.7 Å². The molecule has 1 aliphatic heterocycles. The van der Waals surface area contributed by atoms with Crippen LogP contribution in [-0.4, -0.2) is 24.4 Å². The van der Waals surface area contributed by atoms with Gasteiger partial charge in [0, 0.05) is 10.2 Å². The molecule has 28 heavy (non-hydrogen) atoms. The summed E-state index contributed by atoms with van der Waals surface area (Å²) in [7, 11) is 0. The van der Waals surface area contributed by atoms with Crippen LogP contribution in [-0.2, 0) is 14.3 Å². The number of nitrogens with zero attached hydrogens (tertiary/aromatic N) is 1. The van der Waals surface area contributed by atoms with E-state index in [9.17, 15) is 14.4 Å². The first-order chi connectivity index (χ1) is 13.4. The van der Waals surface area contributed by atoms with Crippen LogP contribution in [0.15, 0.2) is 63.7 Å². The van der Waals surface area contributed by atoms with Crippen LogP contribution in [0.2, 0.25) is 0 Å². The van der Waals surface area contributed by atoms with Crippen molar-refractivity contribution in [3.8, 4) is 0 Å². The summed E-state index contributed by atoms with van der Waals surface area (Å²) in [5, 5.41) is 2.67. The highest BCUT2D eigenvalue weighted by Gasteiger charge is 2.38. The zero-order valence-electron chi connectivity index (χ0n) is 14.9. The Kier molecular flexibility index (Phi) is 6.16. The monoisotopic (exact) mass is 462 g/mol. The van der Waals surface area contributed by atoms with Gasteiger partial charge < -0.3 is 10.1 Å². The molecule has 0 saturated heterocycles. The maximum atomic E-state index is 12.7. The first kappa shape index (κ1) is 20.1. The van der Waals surface area contributed by atoms with E-state index >= 15 is 0 Å². The van der Waals surface area contributed by atoms with Gasteiger partial charge in [0.25, 0.3) is 11.8 Å². The van der Waals surface area contributed by atoms with Crippen LogP contribution in [0.25, 0.3) is 0 Å². The Bertz CT molecular complexity index is 955. The third-order valence-electron chi connectivity index (χ3n) is 3.94. The van der Waals surface area contributed by atoms with Crippen molar-refractivity contribution in [2.45, 2.75) is 13.3 Å². The van der Waals surface area contributed by atoms with Gasteiger partial charge >= 0.3 is 5.97 Å². The van der Waals surface area contributed by atoms with Crippen LogP contribution < -0.4 is 10.2 Å². The van der Waals surface area contributed by atoms with E-state index in [0.29, 0.717) is 23.5 Å². The molecule has 0 atom stereocenters. The Balaban J connectivity index is 1.76. The fourth-order valence-corrected chi connectivity index (χ4v) is 3.03. The van der Waals surface area contributed by atoms with Crippen LogP contribution in [0.1, 0.15) is 23.7 Å². The highest BCUT2D eigenvalue weighted by molar-refractivity contribution is 9.10. The molecule has 0 unspecified atom stereocenters. The van der Waals surface area contributed by atoms with Gasteiger partial charge in [0.05, 0.1) is 17.9 Å². The molecule has 1 N–H and O–H groups in total. The fourth-order valence-electron chi connectivity index (χ4n) is 2.55. The molecule has 1 heterocycles. The van der Waals surface area contributed by atoms with E-state index in [1.54, 1.807) is 48.5 Å². The summed E-state index contributed by atoms with van der Waals surface area (Å²) in [6.07, 6.45) is 0.739. The van der Waals surface area contributed by atoms with Crippen LogP contribution in [0.3, 0.4) is 0 Å². The highest BCUT2D eigenvalue weighted by atomic mass is 79.9. The van der Waals surface area contributed by atoms with Crippen molar-refractivity contribution >= 4 is 56.7 Å². The third kappa shape index (κ3) is 4.10. The Hall–Kier alpha value is -2.64. The number of nitrogens with one attached hydrogen (secondary N) is 1. The number of benzene rings is 2. The predicted molar refractivity (Wildman–Crippen MR) is 110 cm³/mol. The van der Waals surface area contributed by atoms with E-state index < -0.39 is 17.8 Å². The van der Waals surface area contributed by atoms with E-state index in [1.807, 2.05) is 6.92 Å². The third-order valence-corrected chi connectivity index (χ3v) is 4.82. The molecular formula is C20H16BrClN2O4. The number of anilines is 2. The highest BCUT2D eigenvalue weighted by Crippen LogP contribution is 2.30. The Morgan fingerprint density at radius 1 is 1.07 bits per heavy atom. The van der Waals surface area contributed by atoms with E-state index in [4.69, 9.17) is 16.3 Å². The maximum Gasteiger partial charge on any atom is 0.338 e. The van der Waals surface area contributed by atoms with Crippen molar-refractivity contribution in [3.05, 3.63) is 69.3 Å². The molecule has 0 spiro atoms. The summed E-state index contributed by atoms with van der Waals surface area (Å²) in [6.45, 7) is 2.26. The van der Waals surface area contributed by atoms with Gasteiger partial charge in [-0.2, -0.15) is 0 Å². The average molecular weight is 464 g/mol. The quantitative estimate of drug-likeness (QED) is 0.506. The summed E-state index contributed by atoms with van der Waals surface area (Å²) >= 11 is 9.42. The Morgan fingerprint density at radius 2 is 1.71 bits per heavy atom. The van der Waals surface area contributed by atoms with Crippen molar-refractivity contribution < 1.29 is 19.1 Å². The van der Waals surface area contributed by atoms with Crippen LogP contribution in [0.5, 0.6) is 0 Å². The number of esters is 1. The van der Waals surface area contributed by atoms with Crippen molar-refractivity contribution in [1.82, 2.24) is 0 Å². The summed E-state index contributed by atoms with van der Waals surface area (Å²) in [4.78, 5) is 38.0. The summed E-state index contributed by atoms with van der Waals surface area (Å²) in [5.41, 5.74) is 1.31. The van der Waals surface area contributed by atoms with Crippen molar-refractivity contribution in [2.75, 3.05) is 16.8 Å². The molecule has 0 radical (unpaired) electrons. The number of ether oxygens (including phenoxy) is 1. The van der Waals surface area contributed by atoms with E-state index in [1.165, 1.54) is 0 Å². The smallest absolute Gasteiger partial charge is 0.338 e. The molecule has 1 aliphatic rings. The van der Waals surface area contributed by atoms with Gasteiger partial charge in [-0.05, 0) is 55.0 Å².